The summed E-state index contributed by atoms with van der Waals surface area (Å²) in [5.74, 6) is 0.881. The molecule has 0 saturated carbocycles. The topological polar surface area (TPSA) is 49.7 Å². The molecule has 2 aromatic heterocycles. The van der Waals surface area contributed by atoms with E-state index in [0.29, 0.717) is 4.64 Å². The van der Waals surface area contributed by atoms with Crippen molar-refractivity contribution in [1.29, 1.82) is 0 Å². The number of H-pyrrole nitrogens is 1. The zero-order chi connectivity index (χ0) is 13.2. The van der Waals surface area contributed by atoms with Gasteiger partial charge in [-0.3, -0.25) is 4.68 Å². The van der Waals surface area contributed by atoms with Crippen molar-refractivity contribution in [2.45, 2.75) is 19.3 Å². The minimum Gasteiger partial charge on any atom is -0.342 e. The zero-order valence-corrected chi connectivity index (χ0v) is 11.8. The first-order valence-electron chi connectivity index (χ1n) is 6.58. The molecule has 3 rings (SSSR count). The summed E-state index contributed by atoms with van der Waals surface area (Å²) in [5, 5.41) is 4.19. The van der Waals surface area contributed by atoms with Gasteiger partial charge in [0.15, 0.2) is 0 Å². The van der Waals surface area contributed by atoms with Crippen LogP contribution in [0.25, 0.3) is 11.3 Å². The van der Waals surface area contributed by atoms with Gasteiger partial charge in [0.25, 0.3) is 0 Å². The Morgan fingerprint density at radius 3 is 2.74 bits per heavy atom. The third kappa shape index (κ3) is 2.68. The lowest BCUT2D eigenvalue weighted by molar-refractivity contribution is 0.568. The molecular formula is C13H17N5S. The second kappa shape index (κ2) is 5.13. The molecule has 1 N–H and O–H groups in total. The van der Waals surface area contributed by atoms with E-state index in [-0.39, 0.29) is 0 Å². The fraction of sp³-hybridized carbons (Fsp3) is 0.462. The van der Waals surface area contributed by atoms with Gasteiger partial charge in [-0.1, -0.05) is 12.2 Å². The van der Waals surface area contributed by atoms with Crippen LogP contribution in [0.15, 0.2) is 18.5 Å². The number of anilines is 1. The maximum Gasteiger partial charge on any atom is 0.204 e. The number of aromatic nitrogens is 4. The molecule has 0 unspecified atom stereocenters. The number of aryl methyl sites for hydroxylation is 1. The van der Waals surface area contributed by atoms with Crippen LogP contribution in [0.5, 0.6) is 0 Å². The monoisotopic (exact) mass is 275 g/mol. The Morgan fingerprint density at radius 2 is 2.05 bits per heavy atom. The van der Waals surface area contributed by atoms with Crippen LogP contribution in [0.3, 0.4) is 0 Å². The lowest BCUT2D eigenvalue weighted by atomic mass is 10.1. The fourth-order valence-electron chi connectivity index (χ4n) is 2.42. The lowest BCUT2D eigenvalue weighted by Crippen LogP contribution is -2.31. The minimum atomic E-state index is 0.623. The van der Waals surface area contributed by atoms with Gasteiger partial charge in [-0.2, -0.15) is 5.10 Å². The Morgan fingerprint density at radius 1 is 1.26 bits per heavy atom. The number of piperidine rings is 1. The predicted octanol–water partition coefficient (Wildman–Crippen LogP) is 2.53. The maximum absolute atomic E-state index is 5.28. The van der Waals surface area contributed by atoms with Gasteiger partial charge >= 0.3 is 0 Å². The van der Waals surface area contributed by atoms with Crippen molar-refractivity contribution in [2.24, 2.45) is 7.05 Å². The second-order valence-corrected chi connectivity index (χ2v) is 5.33. The molecule has 0 amide bonds. The number of nitrogens with one attached hydrogen (secondary N) is 1. The highest BCUT2D eigenvalue weighted by Gasteiger charge is 2.14. The Kier molecular flexibility index (Phi) is 3.33. The number of aromatic amines is 1. The van der Waals surface area contributed by atoms with E-state index in [0.717, 1.165) is 30.3 Å². The number of rotatable bonds is 2. The third-order valence-corrected chi connectivity index (χ3v) is 3.61. The maximum atomic E-state index is 5.28. The molecule has 1 aliphatic rings. The Labute approximate surface area is 117 Å². The van der Waals surface area contributed by atoms with E-state index >= 15 is 0 Å². The van der Waals surface area contributed by atoms with E-state index in [1.54, 1.807) is 4.68 Å². The zero-order valence-electron chi connectivity index (χ0n) is 11.0. The van der Waals surface area contributed by atoms with Crippen LogP contribution in [0, 0.1) is 4.64 Å². The first-order chi connectivity index (χ1) is 9.22. The van der Waals surface area contributed by atoms with Crippen molar-refractivity contribution in [3.63, 3.8) is 0 Å². The Hall–Kier alpha value is -1.69. The number of hydrogen-bond acceptors (Lipinski definition) is 4. The molecule has 0 spiro atoms. The number of hydrogen-bond donors (Lipinski definition) is 1. The molecule has 5 nitrogen and oxygen atoms in total. The van der Waals surface area contributed by atoms with Gasteiger partial charge in [0.05, 0.1) is 11.9 Å². The van der Waals surface area contributed by atoms with Crippen molar-refractivity contribution < 1.29 is 0 Å². The second-order valence-electron chi connectivity index (χ2n) is 4.91. The van der Waals surface area contributed by atoms with Gasteiger partial charge in [-0.15, -0.1) is 0 Å². The molecule has 0 bridgehead atoms. The van der Waals surface area contributed by atoms with Crippen LogP contribution < -0.4 is 4.90 Å². The summed E-state index contributed by atoms with van der Waals surface area (Å²) in [4.78, 5) is 10.1. The first kappa shape index (κ1) is 12.3. The van der Waals surface area contributed by atoms with Crippen molar-refractivity contribution in [1.82, 2.24) is 19.7 Å². The summed E-state index contributed by atoms with van der Waals surface area (Å²) >= 11 is 5.28. The standard InChI is InChI=1S/C13H17N5S/c1-17-9-10(8-14-17)11-7-12(19)16-13(15-11)18-5-3-2-4-6-18/h7-9H,2-6H2,1H3,(H,15,16,19). The van der Waals surface area contributed by atoms with Crippen LogP contribution in [-0.4, -0.2) is 32.8 Å². The van der Waals surface area contributed by atoms with Crippen molar-refractivity contribution in [2.75, 3.05) is 18.0 Å². The molecule has 19 heavy (non-hydrogen) atoms. The average molecular weight is 275 g/mol. The molecule has 2 aromatic rings. The SMILES string of the molecule is Cn1cc(-c2cc(=S)nc(N3CCCCC3)[nH]2)cn1. The highest BCUT2D eigenvalue weighted by molar-refractivity contribution is 7.71. The van der Waals surface area contributed by atoms with Crippen LogP contribution in [-0.2, 0) is 7.05 Å². The van der Waals surface area contributed by atoms with Crippen molar-refractivity contribution in [3.8, 4) is 11.3 Å². The molecule has 3 heterocycles. The lowest BCUT2D eigenvalue weighted by Gasteiger charge is -2.27. The van der Waals surface area contributed by atoms with E-state index in [1.165, 1.54) is 19.3 Å². The average Bonchev–Trinajstić information content (AvgIpc) is 2.86. The minimum absolute atomic E-state index is 0.623. The van der Waals surface area contributed by atoms with E-state index in [2.05, 4.69) is 20.0 Å². The quantitative estimate of drug-likeness (QED) is 0.856. The van der Waals surface area contributed by atoms with E-state index in [4.69, 9.17) is 12.2 Å². The third-order valence-electron chi connectivity index (χ3n) is 3.40. The van der Waals surface area contributed by atoms with E-state index < -0.39 is 0 Å². The van der Waals surface area contributed by atoms with Crippen molar-refractivity contribution >= 4 is 18.2 Å². The molecule has 1 aliphatic heterocycles. The van der Waals surface area contributed by atoms with Crippen LogP contribution >= 0.6 is 12.2 Å². The Bertz CT molecular complexity index is 624. The summed E-state index contributed by atoms with van der Waals surface area (Å²) in [6.45, 7) is 2.10. The molecule has 1 fully saturated rings. The van der Waals surface area contributed by atoms with Crippen LogP contribution in [0.1, 0.15) is 19.3 Å². The highest BCUT2D eigenvalue weighted by atomic mass is 32.1. The van der Waals surface area contributed by atoms with Gasteiger partial charge in [0.1, 0.15) is 4.64 Å². The fourth-order valence-corrected chi connectivity index (χ4v) is 2.62. The smallest absolute Gasteiger partial charge is 0.204 e. The van der Waals surface area contributed by atoms with Gasteiger partial charge in [0.2, 0.25) is 5.95 Å². The van der Waals surface area contributed by atoms with Crippen LogP contribution in [0.2, 0.25) is 0 Å². The molecule has 1 saturated heterocycles. The van der Waals surface area contributed by atoms with Crippen molar-refractivity contribution in [3.05, 3.63) is 23.1 Å². The van der Waals surface area contributed by atoms with Gasteiger partial charge in [0, 0.05) is 31.9 Å². The molecule has 0 radical (unpaired) electrons. The largest absolute Gasteiger partial charge is 0.342 e. The Balaban J connectivity index is 1.98. The molecule has 0 atom stereocenters. The van der Waals surface area contributed by atoms with E-state index in [1.807, 2.05) is 25.5 Å². The number of nitrogens with zero attached hydrogens (tertiary/aromatic N) is 4. The summed E-state index contributed by atoms with van der Waals surface area (Å²) in [5.41, 5.74) is 2.02. The molecule has 100 valence electrons. The van der Waals surface area contributed by atoms with Gasteiger partial charge in [-0.25, -0.2) is 4.98 Å². The summed E-state index contributed by atoms with van der Waals surface area (Å²) in [7, 11) is 1.91. The molecular weight excluding hydrogens is 258 g/mol. The predicted molar refractivity (Wildman–Crippen MR) is 77.7 cm³/mol. The van der Waals surface area contributed by atoms with E-state index in [9.17, 15) is 0 Å². The van der Waals surface area contributed by atoms with Crippen LogP contribution in [0.4, 0.5) is 5.95 Å². The highest BCUT2D eigenvalue weighted by Crippen LogP contribution is 2.21. The molecule has 6 heteroatoms. The summed E-state index contributed by atoms with van der Waals surface area (Å²) in [6, 6.07) is 1.89. The summed E-state index contributed by atoms with van der Waals surface area (Å²) in [6.07, 6.45) is 7.56. The normalized spacial score (nSPS) is 15.7. The molecule has 0 aromatic carbocycles. The van der Waals surface area contributed by atoms with Gasteiger partial charge in [-0.05, 0) is 25.3 Å². The molecule has 0 aliphatic carbocycles. The van der Waals surface area contributed by atoms with Gasteiger partial charge < -0.3 is 9.88 Å². The first-order valence-corrected chi connectivity index (χ1v) is 6.98. The summed E-state index contributed by atoms with van der Waals surface area (Å²) < 4.78 is 2.41.